The Morgan fingerprint density at radius 1 is 0.273 bits per heavy atom. The molecule has 0 aliphatic heterocycles. The summed E-state index contributed by atoms with van der Waals surface area (Å²) in [5, 5.41) is 44.3. The van der Waals surface area contributed by atoms with Gasteiger partial charge in [-0.25, -0.2) is 0 Å². The smallest absolute Gasteiger partial charge is 0.249 e. The standard InChI is InChI=1S/C71H143NO5/c1-3-5-7-9-11-13-15-17-19-21-23-25-27-29-30-31-32-33-34-35-36-37-38-39-41-43-45-47-49-51-53-55-57-59-61-63-65-69(75)71(77)72-67(66-73)70(76)68(74)64-62-60-58-56-54-52-50-48-46-44-42-40-28-26-24-22-20-18-16-14-12-10-8-6-4-2/h67-70,73-76H,3-66H2,1-2H3,(H,72,77). The zero-order valence-corrected chi connectivity index (χ0v) is 52.8. The second kappa shape index (κ2) is 66.1. The first-order valence-electron chi connectivity index (χ1n) is 35.9. The molecule has 5 N–H and O–H groups in total. The van der Waals surface area contributed by atoms with E-state index in [2.05, 4.69) is 19.2 Å². The van der Waals surface area contributed by atoms with Gasteiger partial charge in [-0.2, -0.15) is 0 Å². The highest BCUT2D eigenvalue weighted by Crippen LogP contribution is 2.20. The molecule has 1 amide bonds. The molecule has 6 nitrogen and oxygen atoms in total. The Balaban J connectivity index is 3.48. The van der Waals surface area contributed by atoms with Gasteiger partial charge in [0.25, 0.3) is 0 Å². The van der Waals surface area contributed by atoms with E-state index in [1.54, 1.807) is 0 Å². The van der Waals surface area contributed by atoms with Crippen LogP contribution in [0.5, 0.6) is 0 Å². The SMILES string of the molecule is CCCCCCCCCCCCCCCCCCCCCCCCCCCCCCCCCCCCCCC(O)C(=O)NC(CO)C(O)C(O)CCCCCCCCCCCCCCCCCCCCCCCCCCC. The number of aliphatic hydroxyl groups excluding tert-OH is 4. The lowest BCUT2D eigenvalue weighted by molar-refractivity contribution is -0.132. The number of nitrogens with one attached hydrogen (secondary N) is 1. The van der Waals surface area contributed by atoms with E-state index in [1.165, 1.54) is 353 Å². The molecule has 462 valence electrons. The fourth-order valence-electron chi connectivity index (χ4n) is 12.0. The molecule has 0 saturated heterocycles. The van der Waals surface area contributed by atoms with Crippen molar-refractivity contribution in [3.8, 4) is 0 Å². The van der Waals surface area contributed by atoms with Crippen LogP contribution in [0.25, 0.3) is 0 Å². The number of unbranched alkanes of at least 4 members (excludes halogenated alkanes) is 59. The van der Waals surface area contributed by atoms with Crippen molar-refractivity contribution < 1.29 is 25.2 Å². The quantitative estimate of drug-likeness (QED) is 0.0390. The number of carbonyl (C=O) groups is 1. The van der Waals surface area contributed by atoms with Gasteiger partial charge in [0.2, 0.25) is 5.91 Å². The molecule has 4 atom stereocenters. The zero-order valence-electron chi connectivity index (χ0n) is 52.8. The first-order chi connectivity index (χ1) is 38.0. The van der Waals surface area contributed by atoms with Crippen LogP contribution in [-0.4, -0.2) is 57.3 Å². The molecular formula is C71H143NO5. The van der Waals surface area contributed by atoms with E-state index in [0.29, 0.717) is 12.8 Å². The first-order valence-corrected chi connectivity index (χ1v) is 35.9. The van der Waals surface area contributed by atoms with Gasteiger partial charge in [-0.1, -0.05) is 406 Å². The number of carbonyl (C=O) groups excluding carboxylic acids is 1. The van der Waals surface area contributed by atoms with Crippen LogP contribution in [0.15, 0.2) is 0 Å². The summed E-state index contributed by atoms with van der Waals surface area (Å²) in [5.41, 5.74) is 0. The van der Waals surface area contributed by atoms with Crippen molar-refractivity contribution in [2.24, 2.45) is 0 Å². The van der Waals surface area contributed by atoms with Gasteiger partial charge < -0.3 is 25.7 Å². The van der Waals surface area contributed by atoms with Crippen molar-refractivity contribution in [3.63, 3.8) is 0 Å². The summed E-state index contributed by atoms with van der Waals surface area (Å²) in [6.07, 6.45) is 81.0. The molecule has 0 fully saturated rings. The maximum Gasteiger partial charge on any atom is 0.249 e. The van der Waals surface area contributed by atoms with E-state index < -0.39 is 36.9 Å². The molecule has 0 heterocycles. The number of amides is 1. The van der Waals surface area contributed by atoms with Gasteiger partial charge >= 0.3 is 0 Å². The Hall–Kier alpha value is -0.690. The number of rotatable bonds is 68. The average Bonchev–Trinajstić information content (AvgIpc) is 3.43. The van der Waals surface area contributed by atoms with Crippen LogP contribution in [-0.2, 0) is 4.79 Å². The van der Waals surface area contributed by atoms with Crippen LogP contribution in [0.4, 0.5) is 0 Å². The topological polar surface area (TPSA) is 110 Å². The maximum atomic E-state index is 12.7. The van der Waals surface area contributed by atoms with Gasteiger partial charge in [-0.05, 0) is 12.8 Å². The molecule has 0 bridgehead atoms. The molecule has 0 aromatic carbocycles. The van der Waals surface area contributed by atoms with Crippen LogP contribution in [0, 0.1) is 0 Å². The molecule has 0 aromatic heterocycles. The second-order valence-corrected chi connectivity index (χ2v) is 25.3. The van der Waals surface area contributed by atoms with Gasteiger partial charge in [-0.15, -0.1) is 0 Å². The number of aliphatic hydroxyl groups is 4. The van der Waals surface area contributed by atoms with Crippen molar-refractivity contribution in [1.29, 1.82) is 0 Å². The molecule has 0 rings (SSSR count). The van der Waals surface area contributed by atoms with Crippen molar-refractivity contribution in [2.45, 2.75) is 443 Å². The third-order valence-corrected chi connectivity index (χ3v) is 17.6. The molecule has 77 heavy (non-hydrogen) atoms. The number of hydrogen-bond acceptors (Lipinski definition) is 5. The Labute approximate surface area is 483 Å². The summed E-state index contributed by atoms with van der Waals surface area (Å²) >= 11 is 0. The molecule has 4 unspecified atom stereocenters. The monoisotopic (exact) mass is 1090 g/mol. The van der Waals surface area contributed by atoms with Gasteiger partial charge in [-0.3, -0.25) is 4.79 Å². The van der Waals surface area contributed by atoms with Crippen molar-refractivity contribution in [3.05, 3.63) is 0 Å². The predicted molar refractivity (Wildman–Crippen MR) is 339 cm³/mol. The van der Waals surface area contributed by atoms with Gasteiger partial charge in [0.15, 0.2) is 0 Å². The maximum absolute atomic E-state index is 12.7. The summed E-state index contributed by atoms with van der Waals surface area (Å²) in [6, 6.07) is -0.982. The molecule has 0 saturated carbocycles. The van der Waals surface area contributed by atoms with Crippen LogP contribution in [0.3, 0.4) is 0 Å². The molecule has 0 aliphatic rings. The summed E-state index contributed by atoms with van der Waals surface area (Å²) in [5.74, 6) is -0.573. The van der Waals surface area contributed by atoms with Crippen LogP contribution in [0.2, 0.25) is 0 Å². The molecule has 0 aromatic rings. The lowest BCUT2D eigenvalue weighted by Gasteiger charge is -2.27. The van der Waals surface area contributed by atoms with Gasteiger partial charge in [0, 0.05) is 0 Å². The van der Waals surface area contributed by atoms with Gasteiger partial charge in [0.05, 0.1) is 18.8 Å². The Bertz CT molecular complexity index is 1090. The first kappa shape index (κ1) is 76.3. The average molecular weight is 1090 g/mol. The zero-order chi connectivity index (χ0) is 55.8. The summed E-state index contributed by atoms with van der Waals surface area (Å²) in [6.45, 7) is 4.12. The molecule has 0 radical (unpaired) electrons. The lowest BCUT2D eigenvalue weighted by atomic mass is 9.99. The second-order valence-electron chi connectivity index (χ2n) is 25.3. The minimum Gasteiger partial charge on any atom is -0.394 e. The van der Waals surface area contributed by atoms with E-state index in [-0.39, 0.29) is 0 Å². The lowest BCUT2D eigenvalue weighted by Crippen LogP contribution is -2.53. The highest BCUT2D eigenvalue weighted by Gasteiger charge is 2.28. The molecule has 6 heteroatoms. The van der Waals surface area contributed by atoms with Gasteiger partial charge in [0.1, 0.15) is 12.2 Å². The van der Waals surface area contributed by atoms with E-state index in [0.717, 1.165) is 38.5 Å². The highest BCUT2D eigenvalue weighted by molar-refractivity contribution is 5.80. The summed E-state index contributed by atoms with van der Waals surface area (Å²) in [7, 11) is 0. The third-order valence-electron chi connectivity index (χ3n) is 17.6. The van der Waals surface area contributed by atoms with Crippen LogP contribution in [0.1, 0.15) is 418 Å². The molecule has 0 spiro atoms. The summed E-state index contributed by atoms with van der Waals surface area (Å²) in [4.78, 5) is 12.7. The van der Waals surface area contributed by atoms with Crippen LogP contribution >= 0.6 is 0 Å². The van der Waals surface area contributed by atoms with E-state index in [9.17, 15) is 25.2 Å². The predicted octanol–water partition coefficient (Wildman–Crippen LogP) is 22.2. The Morgan fingerprint density at radius 3 is 0.623 bits per heavy atom. The molecular weight excluding hydrogens is 947 g/mol. The Morgan fingerprint density at radius 2 is 0.442 bits per heavy atom. The largest absolute Gasteiger partial charge is 0.394 e. The van der Waals surface area contributed by atoms with Crippen molar-refractivity contribution in [2.75, 3.05) is 6.61 Å². The normalized spacial score (nSPS) is 13.4. The van der Waals surface area contributed by atoms with E-state index >= 15 is 0 Å². The minimum atomic E-state index is -1.26. The fraction of sp³-hybridized carbons (Fsp3) is 0.986. The highest BCUT2D eigenvalue weighted by atomic mass is 16.3. The fourth-order valence-corrected chi connectivity index (χ4v) is 12.0. The van der Waals surface area contributed by atoms with Crippen molar-refractivity contribution >= 4 is 5.91 Å². The molecule has 0 aliphatic carbocycles. The number of hydrogen-bond donors (Lipinski definition) is 5. The van der Waals surface area contributed by atoms with Crippen LogP contribution < -0.4 is 5.32 Å². The third kappa shape index (κ3) is 59.7. The van der Waals surface area contributed by atoms with E-state index in [4.69, 9.17) is 0 Å². The summed E-state index contributed by atoms with van der Waals surface area (Å²) < 4.78 is 0. The Kier molecular flexibility index (Phi) is 65.5. The van der Waals surface area contributed by atoms with E-state index in [1.807, 2.05) is 0 Å². The van der Waals surface area contributed by atoms with Crippen molar-refractivity contribution in [1.82, 2.24) is 5.32 Å². The minimum absolute atomic E-state index is 0.377.